The van der Waals surface area contributed by atoms with Crippen LogP contribution in [0.5, 0.6) is 0 Å². The van der Waals surface area contributed by atoms with Gasteiger partial charge in [-0.2, -0.15) is 10.2 Å². The van der Waals surface area contributed by atoms with Crippen molar-refractivity contribution in [2.24, 2.45) is 106 Å². The molecule has 127 heavy (non-hydrogen) atoms. The molecule has 1 amide bonds. The molecule has 0 aliphatic heterocycles. The maximum absolute atomic E-state index is 13.5. The van der Waals surface area contributed by atoms with Crippen LogP contribution in [0.3, 0.4) is 0 Å². The van der Waals surface area contributed by atoms with Crippen molar-refractivity contribution < 1.29 is 19.5 Å². The quantitative estimate of drug-likeness (QED) is 0.0116. The third-order valence-corrected chi connectivity index (χ3v) is 35.0. The van der Waals surface area contributed by atoms with Gasteiger partial charge in [-0.1, -0.05) is 168 Å². The van der Waals surface area contributed by atoms with Crippen LogP contribution in [-0.4, -0.2) is 109 Å². The predicted molar refractivity (Wildman–Crippen MR) is 517 cm³/mol. The molecule has 20 bridgehead atoms. The highest BCUT2D eigenvalue weighted by Gasteiger charge is 2.65. The van der Waals surface area contributed by atoms with Crippen LogP contribution in [0.15, 0.2) is 90.0 Å². The van der Waals surface area contributed by atoms with Crippen LogP contribution >= 0.6 is 69.6 Å². The van der Waals surface area contributed by atoms with Gasteiger partial charge in [0.25, 0.3) is 0 Å². The highest BCUT2D eigenvalue weighted by molar-refractivity contribution is 6.36. The molecule has 2 aromatic heterocycles. The number of Topliss-reactive ketones (excluding diaryl/α,β-unsaturated/α-hetero) is 1. The molecule has 4 aromatic carbocycles. The smallest absolute Gasteiger partial charge is 0.356 e. The summed E-state index contributed by atoms with van der Waals surface area (Å²) >= 11 is 37.1. The van der Waals surface area contributed by atoms with Crippen molar-refractivity contribution in [2.75, 3.05) is 39.3 Å². The Labute approximate surface area is 785 Å². The molecule has 10 unspecified atom stereocenters. The molecule has 20 fully saturated rings. The van der Waals surface area contributed by atoms with Crippen LogP contribution < -0.4 is 38.5 Å². The number of halogens is 6. The number of azide groups is 1. The number of carbonyl (C=O) groups is 3. The Balaban J connectivity index is 0.000000117. The van der Waals surface area contributed by atoms with Crippen LogP contribution in [0, 0.1) is 97.6 Å². The van der Waals surface area contributed by atoms with Crippen molar-refractivity contribution in [1.29, 1.82) is 0 Å². The number of hydrogen-bond donors (Lipinski definition) is 8. The fourth-order valence-electron chi connectivity index (χ4n) is 34.9. The summed E-state index contributed by atoms with van der Waals surface area (Å²) in [7, 11) is 0. The van der Waals surface area contributed by atoms with E-state index >= 15 is 0 Å². The van der Waals surface area contributed by atoms with Gasteiger partial charge in [-0.3, -0.25) is 9.59 Å². The van der Waals surface area contributed by atoms with Gasteiger partial charge in [-0.25, -0.2) is 14.2 Å². The second-order valence-electron chi connectivity index (χ2n) is 48.4. The molecule has 0 saturated heterocycles. The normalized spacial score (nSPS) is 38.4. The summed E-state index contributed by atoms with van der Waals surface area (Å²) in [5.74, 6) is 3.36. The lowest BCUT2D eigenvalue weighted by Gasteiger charge is -2.65. The standard InChI is InChI=1S/C32H36Cl3N3O.C17H11Cl3N2O2.C14H22N4O.2C14H26N2.C12H21N/c1-20-28(27(39)5-4-12-36-32-16-21-14-30(2,18-32)17-31(3,15-21)19-32)37-38(26-11-10-24(34)13-25(26)35)29(20)22-6-8-23(33)9-7-22;1-9-15(17(23)24)21-22(14-7-6-12(19)8-13(14)20)16(9)10-2-4-11(18)5-3-10;1-12-3-10-4-13(2,7-12)9-14(5-10,8-12)17-11(19)6-16-18-15;2*1-12-5-11-6-13(2,8-12)10-14(7-11,9-12)16-4-3-15;1-10-3-9-4-11(2,6-10)8-12(13,5-9)7-10/h6-11,13,21,36H,4-5,12,14-19H2,1-3H3;2-8H,1H3,(H,23,24);10H,3-9H2,1-2H3,(H,17,19);2*11,16H,3-10,15H2,1-2H3;9H,3-8,13H2,1-2H3. The number of carboxylic acid groups (broad SMARTS) is 1. The lowest BCUT2D eigenvalue weighted by molar-refractivity contribution is -0.138. The second kappa shape index (κ2) is 34.9. The summed E-state index contributed by atoms with van der Waals surface area (Å²) in [6.45, 7) is 32.8. The van der Waals surface area contributed by atoms with Crippen molar-refractivity contribution in [3.05, 3.63) is 148 Å². The van der Waals surface area contributed by atoms with E-state index in [0.717, 1.165) is 110 Å². The van der Waals surface area contributed by atoms with Crippen molar-refractivity contribution >= 4 is 87.3 Å². The molecule has 2 heterocycles. The largest absolute Gasteiger partial charge is 0.476 e. The van der Waals surface area contributed by atoms with Crippen LogP contribution in [0.25, 0.3) is 44.3 Å². The number of nitrogens with two attached hydrogens (primary N) is 3. The van der Waals surface area contributed by atoms with Crippen molar-refractivity contribution in [3.8, 4) is 33.9 Å². The molecule has 10 atom stereocenters. The highest BCUT2D eigenvalue weighted by atomic mass is 35.5. The number of amides is 1. The Morgan fingerprint density at radius 3 is 1.06 bits per heavy atom. The average Bonchev–Trinajstić information content (AvgIpc) is 1.06. The zero-order valence-electron chi connectivity index (χ0n) is 77.6. The summed E-state index contributed by atoms with van der Waals surface area (Å²) in [4.78, 5) is 39.6. The number of rotatable bonds is 20. The maximum Gasteiger partial charge on any atom is 0.356 e. The first-order chi connectivity index (χ1) is 59.6. The number of hydrogen-bond acceptors (Lipinski definition) is 12. The van der Waals surface area contributed by atoms with E-state index in [1.807, 2.05) is 37.3 Å². The van der Waals surface area contributed by atoms with Gasteiger partial charge in [0.1, 0.15) is 12.2 Å². The Hall–Kier alpha value is -5.28. The van der Waals surface area contributed by atoms with Gasteiger partial charge in [0.2, 0.25) is 5.91 Å². The molecule has 18 nitrogen and oxygen atoms in total. The van der Waals surface area contributed by atoms with Gasteiger partial charge in [0.05, 0.1) is 32.8 Å². The third kappa shape index (κ3) is 20.4. The molecule has 0 radical (unpaired) electrons. The molecule has 20 aliphatic carbocycles. The van der Waals surface area contributed by atoms with Gasteiger partial charge in [0, 0.05) is 108 Å². The minimum Gasteiger partial charge on any atom is -0.476 e. The molecule has 20 saturated carbocycles. The molecule has 0 spiro atoms. The molecule has 690 valence electrons. The fourth-order valence-corrected chi connectivity index (χ4v) is 36.1. The lowest BCUT2D eigenvalue weighted by Crippen LogP contribution is -2.65. The van der Waals surface area contributed by atoms with E-state index in [4.69, 9.17) is 97.4 Å². The monoisotopic (exact) mass is 1850 g/mol. The van der Waals surface area contributed by atoms with E-state index in [2.05, 4.69) is 106 Å². The van der Waals surface area contributed by atoms with E-state index in [0.29, 0.717) is 130 Å². The van der Waals surface area contributed by atoms with Gasteiger partial charge in [-0.15, -0.1) is 0 Å². The summed E-state index contributed by atoms with van der Waals surface area (Å²) in [6.07, 6.45) is 42.0. The molecule has 26 rings (SSSR count). The van der Waals surface area contributed by atoms with Crippen molar-refractivity contribution in [2.45, 2.75) is 316 Å². The SMILES string of the molecule is CC12CC3CC(C)(C1)CC(N)(C3)C2.CC12CC3CC(C)(C1)CC(NC(=O)CN=[N+]=[N-])(C3)C2.CC12CC3CC(C)(C1)CC(NCCN)(C3)C2.CC12CC3CC(C)(C1)CC(NCCN)(C3)C2.Cc1c(C(=O)CCCNC23CC4CC(C)(CC(C)(C4)C2)C3)nn(-c2ccc(Cl)cc2Cl)c1-c1ccc(Cl)cc1.Cc1c(C(=O)O)nn(-c2ccc(Cl)cc2Cl)c1-c1ccc(Cl)cc1. The van der Waals surface area contributed by atoms with Crippen LogP contribution in [-0.2, 0) is 4.79 Å². The summed E-state index contributed by atoms with van der Waals surface area (Å²) in [6, 6.07) is 24.9. The summed E-state index contributed by atoms with van der Waals surface area (Å²) in [5.41, 5.74) is 39.1. The minimum absolute atomic E-state index is 0.0361. The van der Waals surface area contributed by atoms with Gasteiger partial charge in [-0.05, 0) is 369 Å². The number of carbonyl (C=O) groups excluding carboxylic acids is 2. The van der Waals surface area contributed by atoms with Gasteiger partial charge in [0.15, 0.2) is 11.5 Å². The van der Waals surface area contributed by atoms with Crippen LogP contribution in [0.2, 0.25) is 30.1 Å². The topological polar surface area (TPSA) is 282 Å². The van der Waals surface area contributed by atoms with Crippen molar-refractivity contribution in [1.82, 2.24) is 40.8 Å². The lowest BCUT2D eigenvalue weighted by atomic mass is 9.42. The molecule has 6 aromatic rings. The number of benzene rings is 4. The highest BCUT2D eigenvalue weighted by Crippen LogP contribution is 2.71. The Morgan fingerprint density at radius 2 is 0.740 bits per heavy atom. The van der Waals surface area contributed by atoms with Crippen molar-refractivity contribution in [3.63, 3.8) is 0 Å². The zero-order chi connectivity index (χ0) is 90.9. The average molecular weight is 1850 g/mol. The molecular weight excluding hydrogens is 1710 g/mol. The first-order valence-electron chi connectivity index (χ1n) is 47.7. The zero-order valence-corrected chi connectivity index (χ0v) is 82.2. The third-order valence-electron chi connectivity index (χ3n) is 33.4. The Morgan fingerprint density at radius 1 is 0.433 bits per heavy atom. The fraction of sp³-hybridized carbons (Fsp3) is 0.680. The number of nitrogens with zero attached hydrogens (tertiary/aromatic N) is 7. The van der Waals surface area contributed by atoms with Crippen LogP contribution in [0.1, 0.15) is 307 Å². The second-order valence-corrected chi connectivity index (χ2v) is 51.0. The number of carboxylic acids is 1. The maximum atomic E-state index is 13.5. The van der Waals surface area contributed by atoms with E-state index in [1.165, 1.54) is 178 Å². The summed E-state index contributed by atoms with van der Waals surface area (Å²) < 4.78 is 3.28. The molecule has 24 heteroatoms. The number of nitrogens with one attached hydrogen (secondary N) is 4. The van der Waals surface area contributed by atoms with E-state index < -0.39 is 5.97 Å². The Bertz CT molecular complexity index is 5010. The van der Waals surface area contributed by atoms with E-state index in [-0.39, 0.29) is 40.5 Å². The minimum atomic E-state index is -1.11. The molecular formula is C103H142Cl6N14O4. The number of aromatic nitrogens is 4. The van der Waals surface area contributed by atoms with Gasteiger partial charge < -0.3 is 43.6 Å². The summed E-state index contributed by atoms with van der Waals surface area (Å²) in [5, 5.41) is 39.7. The Kier molecular flexibility index (Phi) is 26.1. The first kappa shape index (κ1) is 94.9. The molecule has 11 N–H and O–H groups in total. The van der Waals surface area contributed by atoms with Gasteiger partial charge >= 0.3 is 5.97 Å². The predicted octanol–water partition coefficient (Wildman–Crippen LogP) is 25.0. The van der Waals surface area contributed by atoms with E-state index in [1.54, 1.807) is 66.2 Å². The molecule has 20 aliphatic rings. The van der Waals surface area contributed by atoms with E-state index in [9.17, 15) is 19.5 Å². The first-order valence-corrected chi connectivity index (χ1v) is 50.0. The number of ketones is 1. The number of aromatic carboxylic acids is 1. The van der Waals surface area contributed by atoms with Crippen LogP contribution in [0.4, 0.5) is 0 Å².